The molecule has 176 valence electrons. The van der Waals surface area contributed by atoms with Gasteiger partial charge in [-0.2, -0.15) is 0 Å². The molecule has 32 heavy (non-hydrogen) atoms. The highest BCUT2D eigenvalue weighted by molar-refractivity contribution is 5.97. The first kappa shape index (κ1) is 24.2. The monoisotopic (exact) mass is 445 g/mol. The lowest BCUT2D eigenvalue weighted by atomic mass is 9.93. The Morgan fingerprint density at radius 3 is 2.88 bits per heavy atom. The first-order chi connectivity index (χ1) is 15.3. The van der Waals surface area contributed by atoms with Crippen molar-refractivity contribution in [2.24, 2.45) is 5.92 Å². The zero-order valence-electron chi connectivity index (χ0n) is 19.5. The molecule has 0 aromatic carbocycles. The van der Waals surface area contributed by atoms with E-state index in [-0.39, 0.29) is 49.0 Å². The molecule has 0 saturated carbocycles. The van der Waals surface area contributed by atoms with Gasteiger partial charge in [0.15, 0.2) is 0 Å². The lowest BCUT2D eigenvalue weighted by Gasteiger charge is -2.37. The molecular weight excluding hydrogens is 410 g/mol. The number of allylic oxidation sites excluding steroid dienone is 2. The van der Waals surface area contributed by atoms with Gasteiger partial charge in [-0.15, -0.1) is 0 Å². The summed E-state index contributed by atoms with van der Waals surface area (Å²) >= 11 is 0. The zero-order valence-corrected chi connectivity index (χ0v) is 19.5. The molecule has 0 saturated heterocycles. The largest absolute Gasteiger partial charge is 0.472 e. The third kappa shape index (κ3) is 5.48. The van der Waals surface area contributed by atoms with Crippen LogP contribution in [0, 0.1) is 5.92 Å². The van der Waals surface area contributed by atoms with Crippen LogP contribution in [0.3, 0.4) is 0 Å². The Hall–Kier alpha value is -2.45. The van der Waals surface area contributed by atoms with Crippen LogP contribution in [-0.4, -0.2) is 84.3 Å². The highest BCUT2D eigenvalue weighted by atomic mass is 16.5. The van der Waals surface area contributed by atoms with E-state index in [9.17, 15) is 14.7 Å². The summed E-state index contributed by atoms with van der Waals surface area (Å²) in [4.78, 5) is 33.5. The van der Waals surface area contributed by atoms with Gasteiger partial charge in [-0.3, -0.25) is 9.59 Å². The van der Waals surface area contributed by atoms with Gasteiger partial charge in [0.25, 0.3) is 5.91 Å². The van der Waals surface area contributed by atoms with Crippen molar-refractivity contribution in [1.29, 1.82) is 0 Å². The summed E-state index contributed by atoms with van der Waals surface area (Å²) in [7, 11) is 3.20. The maximum atomic E-state index is 13.5. The molecule has 1 aliphatic heterocycles. The molecule has 8 heteroatoms. The molecule has 2 heterocycles. The van der Waals surface area contributed by atoms with Crippen molar-refractivity contribution in [1.82, 2.24) is 14.8 Å². The van der Waals surface area contributed by atoms with Crippen molar-refractivity contribution in [3.8, 4) is 5.88 Å². The SMILES string of the molecule is COCC(=O)N(C)C[C@@H]1Oc2ncc(C3=CCCCC3)cc2C(=O)N([C@@H](C)CO)C[C@H]1C. The van der Waals surface area contributed by atoms with Crippen molar-refractivity contribution in [2.75, 3.05) is 40.5 Å². The van der Waals surface area contributed by atoms with E-state index in [1.54, 1.807) is 23.0 Å². The van der Waals surface area contributed by atoms with Gasteiger partial charge in [0.1, 0.15) is 18.3 Å². The number of rotatable bonds is 7. The minimum absolute atomic E-state index is 0.00291. The Bertz CT molecular complexity index is 856. The lowest BCUT2D eigenvalue weighted by molar-refractivity contribution is -0.135. The van der Waals surface area contributed by atoms with Crippen LogP contribution in [0.5, 0.6) is 5.88 Å². The highest BCUT2D eigenvalue weighted by Gasteiger charge is 2.34. The Morgan fingerprint density at radius 1 is 1.44 bits per heavy atom. The van der Waals surface area contributed by atoms with E-state index in [0.29, 0.717) is 18.7 Å². The fraction of sp³-hybridized carbons (Fsp3) is 0.625. The molecule has 3 atom stereocenters. The Morgan fingerprint density at radius 2 is 2.22 bits per heavy atom. The van der Waals surface area contributed by atoms with E-state index in [1.807, 2.05) is 19.9 Å². The number of methoxy groups -OCH3 is 1. The number of hydrogen-bond donors (Lipinski definition) is 1. The maximum Gasteiger partial charge on any atom is 0.259 e. The average Bonchev–Trinajstić information content (AvgIpc) is 2.81. The number of nitrogens with zero attached hydrogens (tertiary/aromatic N) is 3. The molecule has 8 nitrogen and oxygen atoms in total. The van der Waals surface area contributed by atoms with Crippen molar-refractivity contribution >= 4 is 17.4 Å². The van der Waals surface area contributed by atoms with Gasteiger partial charge in [0.05, 0.1) is 19.2 Å². The van der Waals surface area contributed by atoms with Crippen molar-refractivity contribution in [3.63, 3.8) is 0 Å². The number of amides is 2. The fourth-order valence-electron chi connectivity index (χ4n) is 4.20. The van der Waals surface area contributed by atoms with Gasteiger partial charge in [-0.25, -0.2) is 4.98 Å². The third-order valence-corrected chi connectivity index (χ3v) is 6.33. The first-order valence-electron chi connectivity index (χ1n) is 11.4. The topological polar surface area (TPSA) is 92.2 Å². The van der Waals surface area contributed by atoms with Gasteiger partial charge in [0.2, 0.25) is 11.8 Å². The van der Waals surface area contributed by atoms with Crippen LogP contribution < -0.4 is 4.74 Å². The summed E-state index contributed by atoms with van der Waals surface area (Å²) in [5.41, 5.74) is 2.55. The molecule has 0 bridgehead atoms. The number of hydrogen-bond acceptors (Lipinski definition) is 6. The van der Waals surface area contributed by atoms with Crippen molar-refractivity contribution < 1.29 is 24.2 Å². The molecule has 2 amide bonds. The summed E-state index contributed by atoms with van der Waals surface area (Å²) in [6, 6.07) is 1.52. The maximum absolute atomic E-state index is 13.5. The second kappa shape index (κ2) is 10.9. The highest BCUT2D eigenvalue weighted by Crippen LogP contribution is 2.32. The van der Waals surface area contributed by atoms with Gasteiger partial charge in [0, 0.05) is 32.8 Å². The van der Waals surface area contributed by atoms with Gasteiger partial charge in [-0.1, -0.05) is 13.0 Å². The van der Waals surface area contributed by atoms with Crippen LogP contribution in [-0.2, 0) is 9.53 Å². The summed E-state index contributed by atoms with van der Waals surface area (Å²) in [6.07, 6.45) is 7.93. The van der Waals surface area contributed by atoms with E-state index >= 15 is 0 Å². The van der Waals surface area contributed by atoms with Crippen molar-refractivity contribution in [3.05, 3.63) is 29.5 Å². The minimum Gasteiger partial charge on any atom is -0.472 e. The van der Waals surface area contributed by atoms with E-state index in [4.69, 9.17) is 9.47 Å². The van der Waals surface area contributed by atoms with Crippen LogP contribution in [0.2, 0.25) is 0 Å². The quantitative estimate of drug-likeness (QED) is 0.693. The number of pyridine rings is 1. The van der Waals surface area contributed by atoms with Crippen LogP contribution in [0.1, 0.15) is 55.5 Å². The third-order valence-electron chi connectivity index (χ3n) is 6.33. The van der Waals surface area contributed by atoms with Crippen LogP contribution in [0.25, 0.3) is 5.57 Å². The number of aromatic nitrogens is 1. The molecule has 1 aromatic rings. The van der Waals surface area contributed by atoms with Crippen LogP contribution >= 0.6 is 0 Å². The summed E-state index contributed by atoms with van der Waals surface area (Å²) in [5.74, 6) is -0.146. The second-order valence-electron chi connectivity index (χ2n) is 8.88. The predicted octanol–water partition coefficient (Wildman–Crippen LogP) is 2.36. The van der Waals surface area contributed by atoms with Crippen LogP contribution in [0.15, 0.2) is 18.3 Å². The first-order valence-corrected chi connectivity index (χ1v) is 11.4. The number of carbonyl (C=O) groups is 2. The summed E-state index contributed by atoms with van der Waals surface area (Å²) in [5, 5.41) is 9.79. The smallest absolute Gasteiger partial charge is 0.259 e. The number of likely N-dealkylation sites (N-methyl/N-ethyl adjacent to an activating group) is 1. The molecule has 0 unspecified atom stereocenters. The van der Waals surface area contributed by atoms with E-state index in [1.165, 1.54) is 19.1 Å². The van der Waals surface area contributed by atoms with E-state index in [2.05, 4.69) is 11.1 Å². The molecule has 0 fully saturated rings. The van der Waals surface area contributed by atoms with Gasteiger partial charge in [-0.05, 0) is 49.8 Å². The molecule has 1 aromatic heterocycles. The molecule has 1 N–H and O–H groups in total. The average molecular weight is 446 g/mol. The molecule has 0 radical (unpaired) electrons. The number of aliphatic hydroxyl groups excluding tert-OH is 1. The molecule has 1 aliphatic carbocycles. The standard InChI is InChI=1S/C24H35N3O5/c1-16-12-27(17(2)14-28)24(30)20-10-19(18-8-6-5-7-9-18)11-25-23(20)32-21(16)13-26(3)22(29)15-31-4/h8,10-11,16-17,21,28H,5-7,9,12-15H2,1-4H3/t16-,17+,21+/m1/s1. The summed E-state index contributed by atoms with van der Waals surface area (Å²) in [6.45, 7) is 4.42. The minimum atomic E-state index is -0.367. The molecule has 0 spiro atoms. The van der Waals surface area contributed by atoms with Gasteiger partial charge >= 0.3 is 0 Å². The fourth-order valence-corrected chi connectivity index (χ4v) is 4.20. The Kier molecular flexibility index (Phi) is 8.26. The van der Waals surface area contributed by atoms with E-state index in [0.717, 1.165) is 24.8 Å². The number of ether oxygens (including phenoxy) is 2. The molecule has 3 rings (SSSR count). The second-order valence-corrected chi connectivity index (χ2v) is 8.88. The Balaban J connectivity index is 1.96. The lowest BCUT2D eigenvalue weighted by Crippen LogP contribution is -2.50. The Labute approximate surface area is 190 Å². The number of aliphatic hydroxyl groups is 1. The van der Waals surface area contributed by atoms with Crippen molar-refractivity contribution in [2.45, 2.75) is 51.7 Å². The molecular formula is C24H35N3O5. The number of fused-ring (bicyclic) bond motifs is 1. The normalized spacial score (nSPS) is 22.2. The van der Waals surface area contributed by atoms with E-state index < -0.39 is 0 Å². The van der Waals surface area contributed by atoms with Crippen LogP contribution in [0.4, 0.5) is 0 Å². The zero-order chi connectivity index (χ0) is 23.3. The predicted molar refractivity (Wildman–Crippen MR) is 121 cm³/mol. The summed E-state index contributed by atoms with van der Waals surface area (Å²) < 4.78 is 11.2. The number of carbonyl (C=O) groups excluding carboxylic acids is 2. The van der Waals surface area contributed by atoms with Gasteiger partial charge < -0.3 is 24.4 Å². The molecule has 2 aliphatic rings.